The van der Waals surface area contributed by atoms with Gasteiger partial charge in [0.25, 0.3) is 5.91 Å². The zero-order chi connectivity index (χ0) is 28.2. The van der Waals surface area contributed by atoms with Gasteiger partial charge in [-0.25, -0.2) is 9.69 Å². The highest BCUT2D eigenvalue weighted by Crippen LogP contribution is 2.36. The summed E-state index contributed by atoms with van der Waals surface area (Å²) in [5, 5.41) is 7.88. The lowest BCUT2D eigenvalue weighted by atomic mass is 10.1. The van der Waals surface area contributed by atoms with Crippen molar-refractivity contribution in [1.29, 1.82) is 0 Å². The number of ether oxygens (including phenoxy) is 1. The molecule has 1 heterocycles. The van der Waals surface area contributed by atoms with E-state index in [0.717, 1.165) is 33.2 Å². The number of hydrogen-bond acceptors (Lipinski definition) is 4. The van der Waals surface area contributed by atoms with Crippen LogP contribution in [-0.2, 0) is 22.6 Å². The number of fused-ring (bicyclic) bond motifs is 1. The van der Waals surface area contributed by atoms with E-state index >= 15 is 0 Å². The van der Waals surface area contributed by atoms with Crippen molar-refractivity contribution in [3.05, 3.63) is 111 Å². The van der Waals surface area contributed by atoms with Crippen molar-refractivity contribution in [3.8, 4) is 5.75 Å². The Morgan fingerprint density at radius 3 is 2.55 bits per heavy atom. The maximum atomic E-state index is 13.0. The van der Waals surface area contributed by atoms with Gasteiger partial charge in [0.05, 0.1) is 9.50 Å². The highest BCUT2D eigenvalue weighted by Gasteiger charge is 2.35. The van der Waals surface area contributed by atoms with Gasteiger partial charge >= 0.3 is 6.03 Å². The molecule has 0 unspecified atom stereocenters. The first kappa shape index (κ1) is 27.4. The lowest BCUT2D eigenvalue weighted by Gasteiger charge is -2.14. The maximum Gasteiger partial charge on any atom is 0.329 e. The molecule has 0 radical (unpaired) electrons. The largest absolute Gasteiger partial charge is 0.486 e. The lowest BCUT2D eigenvalue weighted by molar-refractivity contribution is -0.127. The van der Waals surface area contributed by atoms with Crippen molar-refractivity contribution in [3.63, 3.8) is 0 Å². The first-order valence-electron chi connectivity index (χ1n) is 12.6. The average molecular weight is 619 g/mol. The number of rotatable bonds is 8. The molecule has 1 saturated heterocycles. The number of aryl methyl sites for hydroxylation is 1. The quantitative estimate of drug-likeness (QED) is 0.166. The maximum absolute atomic E-state index is 13.0. The van der Waals surface area contributed by atoms with E-state index in [1.165, 1.54) is 6.08 Å². The van der Waals surface area contributed by atoms with E-state index in [2.05, 4.69) is 26.6 Å². The van der Waals surface area contributed by atoms with Crippen LogP contribution in [0.5, 0.6) is 5.75 Å². The first-order valence-corrected chi connectivity index (χ1v) is 13.8. The summed E-state index contributed by atoms with van der Waals surface area (Å²) in [4.78, 5) is 39.0. The van der Waals surface area contributed by atoms with Crippen molar-refractivity contribution >= 4 is 67.9 Å². The normalized spacial score (nSPS) is 14.1. The van der Waals surface area contributed by atoms with Gasteiger partial charge in [-0.15, -0.1) is 0 Å². The molecule has 0 aliphatic carbocycles. The summed E-state index contributed by atoms with van der Waals surface area (Å²) in [7, 11) is 0. The number of carbonyl (C=O) groups is 3. The number of halogens is 2. The Balaban J connectivity index is 1.28. The molecule has 2 N–H and O–H groups in total. The minimum Gasteiger partial charge on any atom is -0.486 e. The number of hydrogen-bond donors (Lipinski definition) is 2. The molecule has 4 aromatic rings. The Morgan fingerprint density at radius 2 is 1.75 bits per heavy atom. The number of benzene rings is 4. The number of nitrogens with one attached hydrogen (secondary N) is 2. The SMILES string of the molecule is CCc1ccccc1NC(=O)CN1C(=O)N/C(=C/c2cc(Cl)c(OCc3cccc4ccccc34)c(Br)c2)C1=O. The van der Waals surface area contributed by atoms with Crippen LogP contribution in [0, 0.1) is 0 Å². The molecule has 1 fully saturated rings. The van der Waals surface area contributed by atoms with E-state index in [4.69, 9.17) is 16.3 Å². The van der Waals surface area contributed by atoms with Crippen LogP contribution < -0.4 is 15.4 Å². The molecule has 4 aromatic carbocycles. The Morgan fingerprint density at radius 1 is 1.02 bits per heavy atom. The molecule has 0 aromatic heterocycles. The summed E-state index contributed by atoms with van der Waals surface area (Å²) in [6.45, 7) is 1.88. The molecule has 0 saturated carbocycles. The second-order valence-electron chi connectivity index (χ2n) is 9.18. The van der Waals surface area contributed by atoms with E-state index in [1.54, 1.807) is 18.2 Å². The first-order chi connectivity index (χ1) is 19.3. The highest BCUT2D eigenvalue weighted by molar-refractivity contribution is 9.10. The fourth-order valence-electron chi connectivity index (χ4n) is 4.53. The topological polar surface area (TPSA) is 87.7 Å². The smallest absolute Gasteiger partial charge is 0.329 e. The van der Waals surface area contributed by atoms with Crippen LogP contribution in [-0.4, -0.2) is 29.3 Å². The van der Waals surface area contributed by atoms with Gasteiger partial charge < -0.3 is 15.4 Å². The van der Waals surface area contributed by atoms with Gasteiger partial charge in [-0.1, -0.05) is 79.2 Å². The van der Waals surface area contributed by atoms with E-state index in [9.17, 15) is 14.4 Å². The number of urea groups is 1. The zero-order valence-corrected chi connectivity index (χ0v) is 23.9. The van der Waals surface area contributed by atoms with Gasteiger partial charge in [-0.05, 0) is 74.1 Å². The van der Waals surface area contributed by atoms with Gasteiger partial charge in [0.1, 0.15) is 18.8 Å². The Hall–Kier alpha value is -4.14. The van der Waals surface area contributed by atoms with E-state index in [-0.39, 0.29) is 5.70 Å². The molecule has 0 atom stereocenters. The lowest BCUT2D eigenvalue weighted by Crippen LogP contribution is -2.38. The van der Waals surface area contributed by atoms with Crippen LogP contribution in [0.1, 0.15) is 23.6 Å². The van der Waals surface area contributed by atoms with E-state index in [1.807, 2.05) is 67.6 Å². The molecular weight excluding hydrogens is 594 g/mol. The molecular formula is C31H25BrClN3O4. The zero-order valence-electron chi connectivity index (χ0n) is 21.5. The molecule has 7 nitrogen and oxygen atoms in total. The van der Waals surface area contributed by atoms with Gasteiger partial charge in [0.2, 0.25) is 5.91 Å². The fourth-order valence-corrected chi connectivity index (χ4v) is 5.52. The molecule has 40 heavy (non-hydrogen) atoms. The molecule has 0 spiro atoms. The number of nitrogens with zero attached hydrogens (tertiary/aromatic N) is 1. The standard InChI is InChI=1S/C31H25BrClN3O4/c1-2-20-8-4-6-13-26(20)34-28(37)17-36-30(38)27(35-31(36)39)16-19-14-24(32)29(25(33)15-19)40-18-22-11-7-10-21-9-3-5-12-23(21)22/h3-16H,2,17-18H2,1H3,(H,34,37)(H,35,39)/b27-16+. The summed E-state index contributed by atoms with van der Waals surface area (Å²) in [6, 6.07) is 24.2. The number of para-hydroxylation sites is 1. The van der Waals surface area contributed by atoms with Crippen LogP contribution in [0.3, 0.4) is 0 Å². The molecule has 202 valence electrons. The fraction of sp³-hybridized carbons (Fsp3) is 0.129. The van der Waals surface area contributed by atoms with Crippen molar-refractivity contribution < 1.29 is 19.1 Å². The monoisotopic (exact) mass is 617 g/mol. The molecule has 0 bridgehead atoms. The van der Waals surface area contributed by atoms with Crippen LogP contribution in [0.2, 0.25) is 5.02 Å². The molecule has 4 amide bonds. The number of anilines is 1. The Bertz CT molecular complexity index is 1640. The summed E-state index contributed by atoms with van der Waals surface area (Å²) in [5.74, 6) is -0.610. The molecule has 5 rings (SSSR count). The van der Waals surface area contributed by atoms with Crippen molar-refractivity contribution in [2.75, 3.05) is 11.9 Å². The second kappa shape index (κ2) is 11.9. The van der Waals surface area contributed by atoms with Gasteiger partial charge in [0.15, 0.2) is 5.75 Å². The number of imide groups is 1. The van der Waals surface area contributed by atoms with E-state index in [0.29, 0.717) is 33.1 Å². The van der Waals surface area contributed by atoms with Crippen molar-refractivity contribution in [2.45, 2.75) is 20.0 Å². The van der Waals surface area contributed by atoms with Gasteiger partial charge in [-0.3, -0.25) is 9.59 Å². The predicted octanol–water partition coefficient (Wildman–Crippen LogP) is 6.93. The molecule has 1 aliphatic rings. The minimum absolute atomic E-state index is 0.0409. The van der Waals surface area contributed by atoms with Crippen molar-refractivity contribution in [1.82, 2.24) is 10.2 Å². The third-order valence-corrected chi connectivity index (χ3v) is 7.39. The molecule has 9 heteroatoms. The summed E-state index contributed by atoms with van der Waals surface area (Å²) in [5.41, 5.74) is 3.25. The number of amides is 4. The molecule has 1 aliphatic heterocycles. The minimum atomic E-state index is -0.671. The second-order valence-corrected chi connectivity index (χ2v) is 10.4. The Kier molecular flexibility index (Phi) is 8.19. The average Bonchev–Trinajstić information content (AvgIpc) is 3.20. The third kappa shape index (κ3) is 5.88. The van der Waals surface area contributed by atoms with Crippen LogP contribution in [0.4, 0.5) is 10.5 Å². The van der Waals surface area contributed by atoms with Gasteiger partial charge in [-0.2, -0.15) is 0 Å². The van der Waals surface area contributed by atoms with Crippen LogP contribution >= 0.6 is 27.5 Å². The van der Waals surface area contributed by atoms with Gasteiger partial charge in [0, 0.05) is 5.69 Å². The third-order valence-electron chi connectivity index (χ3n) is 6.52. The summed E-state index contributed by atoms with van der Waals surface area (Å²) < 4.78 is 6.65. The Labute approximate surface area is 244 Å². The summed E-state index contributed by atoms with van der Waals surface area (Å²) in [6.07, 6.45) is 2.24. The highest BCUT2D eigenvalue weighted by atomic mass is 79.9. The van der Waals surface area contributed by atoms with E-state index < -0.39 is 24.4 Å². The number of carbonyl (C=O) groups excluding carboxylic acids is 3. The van der Waals surface area contributed by atoms with Crippen LogP contribution in [0.25, 0.3) is 16.8 Å². The van der Waals surface area contributed by atoms with Crippen molar-refractivity contribution in [2.24, 2.45) is 0 Å². The summed E-state index contributed by atoms with van der Waals surface area (Å²) >= 11 is 10.1. The predicted molar refractivity (Wildman–Crippen MR) is 160 cm³/mol. The van der Waals surface area contributed by atoms with Crippen LogP contribution in [0.15, 0.2) is 89.0 Å².